The Morgan fingerprint density at radius 1 is 1.11 bits per heavy atom. The molecule has 1 unspecified atom stereocenters. The summed E-state index contributed by atoms with van der Waals surface area (Å²) in [5.74, 6) is -1.17. The van der Waals surface area contributed by atoms with Crippen LogP contribution in [-0.4, -0.2) is 36.6 Å². The van der Waals surface area contributed by atoms with Crippen LogP contribution in [0.4, 0.5) is 19.0 Å². The van der Waals surface area contributed by atoms with Gasteiger partial charge in [-0.15, -0.1) is 5.10 Å². The minimum atomic E-state index is -4.70. The molecule has 0 fully saturated rings. The predicted molar refractivity (Wildman–Crippen MR) is 127 cm³/mol. The molecule has 2 N–H and O–H groups in total. The van der Waals surface area contributed by atoms with Gasteiger partial charge in [0.1, 0.15) is 11.9 Å². The van der Waals surface area contributed by atoms with Crippen molar-refractivity contribution in [3.8, 4) is 22.5 Å². The van der Waals surface area contributed by atoms with E-state index in [-0.39, 0.29) is 18.1 Å². The van der Waals surface area contributed by atoms with Gasteiger partial charge in [0, 0.05) is 19.0 Å². The second-order valence-electron chi connectivity index (χ2n) is 8.59. The molecule has 0 spiro atoms. The van der Waals surface area contributed by atoms with Crippen LogP contribution in [0.1, 0.15) is 48.5 Å². The van der Waals surface area contributed by atoms with Gasteiger partial charge in [-0.05, 0) is 46.4 Å². The van der Waals surface area contributed by atoms with E-state index in [2.05, 4.69) is 35.9 Å². The average Bonchev–Trinajstić information content (AvgIpc) is 3.42. The molecule has 0 amide bonds. The number of aryl methyl sites for hydroxylation is 1. The number of ether oxygens (including phenoxy) is 1. The monoisotopic (exact) mass is 509 g/mol. The van der Waals surface area contributed by atoms with Crippen molar-refractivity contribution in [1.82, 2.24) is 30.6 Å². The highest BCUT2D eigenvalue weighted by Crippen LogP contribution is 2.38. The summed E-state index contributed by atoms with van der Waals surface area (Å²) in [6.45, 7) is 1.48. The summed E-state index contributed by atoms with van der Waals surface area (Å²) in [7, 11) is 0. The fourth-order valence-corrected chi connectivity index (χ4v) is 4.43. The standard InChI is InChI=1S/C25H22F3N7O2/c1-14(36)37-20-8-4-7-19-21(20)23(31-24(30-19)25(26,27)28)29-13-15-9-11-16(12-10-15)17-5-2-3-6-18(17)22-32-34-35-33-22/h2-3,5-6,9-12,20H,4,7-8,13H2,1H3,(H,29,30,31)(H,32,33,34,35). The molecule has 0 bridgehead atoms. The van der Waals surface area contributed by atoms with E-state index in [1.165, 1.54) is 6.92 Å². The van der Waals surface area contributed by atoms with Crippen LogP contribution >= 0.6 is 0 Å². The van der Waals surface area contributed by atoms with Crippen LogP contribution in [0.15, 0.2) is 48.5 Å². The molecule has 1 aliphatic carbocycles. The number of tetrazole rings is 1. The van der Waals surface area contributed by atoms with Crippen molar-refractivity contribution in [1.29, 1.82) is 0 Å². The fourth-order valence-electron chi connectivity index (χ4n) is 4.43. The number of aromatic nitrogens is 6. The number of nitrogens with one attached hydrogen (secondary N) is 2. The molecule has 4 aromatic rings. The molecule has 0 saturated carbocycles. The molecule has 0 saturated heterocycles. The van der Waals surface area contributed by atoms with Crippen LogP contribution in [0, 0.1) is 0 Å². The Balaban J connectivity index is 1.41. The lowest BCUT2D eigenvalue weighted by molar-refractivity contribution is -0.148. The van der Waals surface area contributed by atoms with Gasteiger partial charge in [0.15, 0.2) is 5.82 Å². The van der Waals surface area contributed by atoms with E-state index < -0.39 is 24.1 Å². The first kappa shape index (κ1) is 24.3. The van der Waals surface area contributed by atoms with Gasteiger partial charge < -0.3 is 10.1 Å². The summed E-state index contributed by atoms with van der Waals surface area (Å²) < 4.78 is 45.9. The zero-order valence-electron chi connectivity index (χ0n) is 19.7. The normalized spacial score (nSPS) is 15.2. The quantitative estimate of drug-likeness (QED) is 0.353. The molecule has 12 heteroatoms. The van der Waals surface area contributed by atoms with Crippen LogP contribution in [0.25, 0.3) is 22.5 Å². The van der Waals surface area contributed by atoms with Crippen molar-refractivity contribution >= 4 is 11.8 Å². The lowest BCUT2D eigenvalue weighted by atomic mass is 9.93. The number of anilines is 1. The van der Waals surface area contributed by atoms with Crippen molar-refractivity contribution in [2.24, 2.45) is 0 Å². The highest BCUT2D eigenvalue weighted by atomic mass is 19.4. The minimum Gasteiger partial charge on any atom is -0.457 e. The predicted octanol–water partition coefficient (Wildman–Crippen LogP) is 4.90. The van der Waals surface area contributed by atoms with Crippen molar-refractivity contribution < 1.29 is 22.7 Å². The molecule has 2 aromatic heterocycles. The summed E-state index contributed by atoms with van der Waals surface area (Å²) in [4.78, 5) is 19.1. The van der Waals surface area contributed by atoms with Crippen molar-refractivity contribution in [3.63, 3.8) is 0 Å². The molecular weight excluding hydrogens is 487 g/mol. The van der Waals surface area contributed by atoms with E-state index in [0.717, 1.165) is 22.3 Å². The highest BCUT2D eigenvalue weighted by molar-refractivity contribution is 5.80. The van der Waals surface area contributed by atoms with Crippen LogP contribution in [0.3, 0.4) is 0 Å². The molecule has 190 valence electrons. The number of benzene rings is 2. The number of nitrogens with zero attached hydrogens (tertiary/aromatic N) is 5. The molecule has 9 nitrogen and oxygen atoms in total. The minimum absolute atomic E-state index is 0.0236. The number of esters is 1. The summed E-state index contributed by atoms with van der Waals surface area (Å²) >= 11 is 0. The third-order valence-electron chi connectivity index (χ3n) is 6.04. The van der Waals surface area contributed by atoms with Crippen molar-refractivity contribution in [2.45, 2.75) is 45.0 Å². The Hall–Kier alpha value is -4.35. The first-order valence-corrected chi connectivity index (χ1v) is 11.6. The van der Waals surface area contributed by atoms with Gasteiger partial charge >= 0.3 is 12.1 Å². The van der Waals surface area contributed by atoms with E-state index in [0.29, 0.717) is 30.7 Å². The van der Waals surface area contributed by atoms with Crippen molar-refractivity contribution in [3.05, 3.63) is 71.2 Å². The smallest absolute Gasteiger partial charge is 0.451 e. The van der Waals surface area contributed by atoms with E-state index in [1.54, 1.807) is 0 Å². The largest absolute Gasteiger partial charge is 0.457 e. The van der Waals surface area contributed by atoms with Gasteiger partial charge in [-0.2, -0.15) is 13.2 Å². The van der Waals surface area contributed by atoms with Crippen LogP contribution in [0.2, 0.25) is 0 Å². The van der Waals surface area contributed by atoms with E-state index in [4.69, 9.17) is 4.74 Å². The molecule has 5 rings (SSSR count). The van der Waals surface area contributed by atoms with Gasteiger partial charge in [-0.1, -0.05) is 48.5 Å². The lowest BCUT2D eigenvalue weighted by Gasteiger charge is -2.27. The van der Waals surface area contributed by atoms with Crippen LogP contribution in [0.5, 0.6) is 0 Å². The number of fused-ring (bicyclic) bond motifs is 1. The average molecular weight is 509 g/mol. The Bertz CT molecular complexity index is 1410. The summed E-state index contributed by atoms with van der Waals surface area (Å²) in [6, 6.07) is 15.2. The number of rotatable bonds is 6. The molecule has 0 aliphatic heterocycles. The molecule has 2 aromatic carbocycles. The summed E-state index contributed by atoms with van der Waals surface area (Å²) in [5.41, 5.74) is 4.15. The molecule has 37 heavy (non-hydrogen) atoms. The van der Waals surface area contributed by atoms with Gasteiger partial charge in [0.2, 0.25) is 5.82 Å². The van der Waals surface area contributed by atoms with Gasteiger partial charge in [-0.3, -0.25) is 4.79 Å². The summed E-state index contributed by atoms with van der Waals surface area (Å²) in [5, 5.41) is 17.0. The van der Waals surface area contributed by atoms with Crippen molar-refractivity contribution in [2.75, 3.05) is 5.32 Å². The maximum absolute atomic E-state index is 13.5. The lowest BCUT2D eigenvalue weighted by Crippen LogP contribution is -2.23. The van der Waals surface area contributed by atoms with Gasteiger partial charge in [-0.25, -0.2) is 15.1 Å². The van der Waals surface area contributed by atoms with Gasteiger partial charge in [0.05, 0.1) is 11.3 Å². The number of carbonyl (C=O) groups is 1. The van der Waals surface area contributed by atoms with E-state index >= 15 is 0 Å². The Kier molecular flexibility index (Phi) is 6.55. The number of alkyl halides is 3. The first-order valence-electron chi connectivity index (χ1n) is 11.6. The topological polar surface area (TPSA) is 119 Å². The van der Waals surface area contributed by atoms with Gasteiger partial charge in [0.25, 0.3) is 0 Å². The summed E-state index contributed by atoms with van der Waals surface area (Å²) in [6.07, 6.45) is -4.00. The van der Waals surface area contributed by atoms with E-state index in [9.17, 15) is 18.0 Å². The number of carbonyl (C=O) groups excluding carboxylic acids is 1. The SMILES string of the molecule is CC(=O)OC1CCCc2nc(C(F)(F)F)nc(NCc3ccc(-c4ccccc4-c4nnn[nH]4)cc3)c21. The maximum atomic E-state index is 13.5. The molecular formula is C25H22F3N7O2. The fraction of sp³-hybridized carbons (Fsp3) is 0.280. The third kappa shape index (κ3) is 5.27. The number of H-pyrrole nitrogens is 1. The number of hydrogen-bond donors (Lipinski definition) is 2. The molecule has 2 heterocycles. The molecule has 1 aliphatic rings. The highest BCUT2D eigenvalue weighted by Gasteiger charge is 2.38. The second kappa shape index (κ2) is 9.96. The molecule has 0 radical (unpaired) electrons. The number of halogens is 3. The van der Waals surface area contributed by atoms with Crippen LogP contribution in [-0.2, 0) is 28.7 Å². The Morgan fingerprint density at radius 2 is 1.86 bits per heavy atom. The first-order chi connectivity index (χ1) is 17.8. The second-order valence-corrected chi connectivity index (χ2v) is 8.59. The number of aromatic amines is 1. The number of hydrogen-bond acceptors (Lipinski definition) is 8. The molecule has 1 atom stereocenters. The Labute approximate surface area is 209 Å². The Morgan fingerprint density at radius 3 is 2.54 bits per heavy atom. The third-order valence-corrected chi connectivity index (χ3v) is 6.04. The zero-order valence-corrected chi connectivity index (χ0v) is 19.7. The van der Waals surface area contributed by atoms with E-state index in [1.807, 2.05) is 48.5 Å². The zero-order chi connectivity index (χ0) is 26.0. The van der Waals surface area contributed by atoms with Crippen LogP contribution < -0.4 is 5.32 Å². The maximum Gasteiger partial charge on any atom is 0.451 e.